The first kappa shape index (κ1) is 21.8. The minimum Gasteiger partial charge on any atom is -0.383 e. The second kappa shape index (κ2) is 9.25. The van der Waals surface area contributed by atoms with E-state index in [0.717, 1.165) is 35.0 Å². The summed E-state index contributed by atoms with van der Waals surface area (Å²) in [6.45, 7) is 1.50. The highest BCUT2D eigenvalue weighted by Gasteiger charge is 2.49. The lowest BCUT2D eigenvalue weighted by molar-refractivity contribution is -0.143. The molecule has 0 saturated carbocycles. The first-order chi connectivity index (χ1) is 14.4. The number of thioether (sulfide) groups is 1. The van der Waals surface area contributed by atoms with Gasteiger partial charge in [0.15, 0.2) is 0 Å². The van der Waals surface area contributed by atoms with Crippen LogP contribution in [0.4, 0.5) is 8.78 Å². The zero-order valence-corrected chi connectivity index (χ0v) is 16.9. The molecule has 0 aliphatic carbocycles. The molecule has 2 aromatic rings. The molecule has 0 bridgehead atoms. The number of rotatable bonds is 7. The maximum atomic E-state index is 14.4. The van der Waals surface area contributed by atoms with Crippen LogP contribution >= 0.6 is 11.8 Å². The second-order valence-electron chi connectivity index (χ2n) is 6.67. The molecule has 0 saturated heterocycles. The number of hydrogen-bond acceptors (Lipinski definition) is 5. The third-order valence-corrected chi connectivity index (χ3v) is 6.03. The van der Waals surface area contributed by atoms with E-state index >= 15 is 0 Å². The van der Waals surface area contributed by atoms with Crippen LogP contribution in [0.5, 0.6) is 0 Å². The van der Waals surface area contributed by atoms with Gasteiger partial charge in [0.25, 0.3) is 5.91 Å². The fourth-order valence-electron chi connectivity index (χ4n) is 3.18. The first-order valence-corrected chi connectivity index (χ1v) is 10.0. The number of hydrazone groups is 1. The van der Waals surface area contributed by atoms with Crippen LogP contribution in [-0.2, 0) is 9.67 Å². The fraction of sp³-hybridized carbons (Fsp3) is 0.300. The molecule has 2 atom stereocenters. The van der Waals surface area contributed by atoms with E-state index in [9.17, 15) is 18.7 Å². The van der Waals surface area contributed by atoms with E-state index in [1.807, 2.05) is 6.07 Å². The molecule has 10 heteroatoms. The molecule has 1 amide bonds. The van der Waals surface area contributed by atoms with Gasteiger partial charge in [-0.25, -0.2) is 13.8 Å². The number of carbonyl (C=O) groups excluding carboxylic acids is 1. The van der Waals surface area contributed by atoms with Crippen molar-refractivity contribution >= 4 is 22.7 Å². The Morgan fingerprint density at radius 3 is 2.73 bits per heavy atom. The van der Waals surface area contributed by atoms with Crippen molar-refractivity contribution in [2.45, 2.75) is 30.7 Å². The monoisotopic (exact) mass is 431 g/mol. The average Bonchev–Trinajstić information content (AvgIpc) is 3.13. The molecule has 0 spiro atoms. The van der Waals surface area contributed by atoms with Crippen molar-refractivity contribution in [1.82, 2.24) is 5.01 Å². The van der Waals surface area contributed by atoms with Crippen molar-refractivity contribution in [3.05, 3.63) is 81.7 Å². The number of hydrogen-bond donors (Lipinski definition) is 1. The number of aliphatic hydroxyl groups excluding tert-OH is 1. The van der Waals surface area contributed by atoms with E-state index in [4.69, 9.17) is 5.53 Å². The zero-order valence-electron chi connectivity index (χ0n) is 16.1. The van der Waals surface area contributed by atoms with Crippen LogP contribution < -0.4 is 0 Å². The lowest BCUT2D eigenvalue weighted by Crippen LogP contribution is -2.45. The molecular weight excluding hydrogens is 412 g/mol. The lowest BCUT2D eigenvalue weighted by Gasteiger charge is -2.36. The fourth-order valence-corrected chi connectivity index (χ4v) is 4.61. The molecule has 1 N–H and O–H groups in total. The number of benzene rings is 2. The third kappa shape index (κ3) is 4.30. The summed E-state index contributed by atoms with van der Waals surface area (Å²) in [5, 5.41) is 19.0. The number of azide groups is 1. The highest BCUT2D eigenvalue weighted by atomic mass is 32.2. The van der Waals surface area contributed by atoms with E-state index in [2.05, 4.69) is 15.1 Å². The van der Waals surface area contributed by atoms with Gasteiger partial charge < -0.3 is 5.11 Å². The van der Waals surface area contributed by atoms with Crippen LogP contribution in [0.2, 0.25) is 0 Å². The normalized spacial score (nSPS) is 19.2. The first-order valence-electron chi connectivity index (χ1n) is 9.20. The topological polar surface area (TPSA) is 102 Å². The van der Waals surface area contributed by atoms with Gasteiger partial charge in [-0.1, -0.05) is 47.2 Å². The Labute approximate surface area is 176 Å². The van der Waals surface area contributed by atoms with E-state index in [0.29, 0.717) is 18.4 Å². The molecule has 1 aliphatic heterocycles. The Bertz CT molecular complexity index is 1010. The Hall–Kier alpha value is -2.94. The van der Waals surface area contributed by atoms with Crippen LogP contribution in [-0.4, -0.2) is 33.7 Å². The lowest BCUT2D eigenvalue weighted by atomic mass is 10.00. The molecule has 0 fully saturated rings. The van der Waals surface area contributed by atoms with E-state index in [1.54, 1.807) is 24.3 Å². The summed E-state index contributed by atoms with van der Waals surface area (Å²) in [5.41, 5.74) is 9.18. The van der Waals surface area contributed by atoms with Crippen LogP contribution in [0, 0.1) is 11.6 Å². The molecule has 7 nitrogen and oxygen atoms in total. The number of nitrogens with zero attached hydrogens (tertiary/aromatic N) is 5. The van der Waals surface area contributed by atoms with Crippen LogP contribution in [0.1, 0.15) is 30.9 Å². The second-order valence-corrected chi connectivity index (χ2v) is 7.93. The summed E-state index contributed by atoms with van der Waals surface area (Å²) in [5.74, 6) is -1.99. The summed E-state index contributed by atoms with van der Waals surface area (Å²) >= 11 is 1.10. The van der Waals surface area contributed by atoms with Gasteiger partial charge in [0, 0.05) is 17.0 Å². The third-order valence-electron chi connectivity index (χ3n) is 4.59. The highest BCUT2D eigenvalue weighted by Crippen LogP contribution is 2.50. The molecule has 30 heavy (non-hydrogen) atoms. The number of carbonyl (C=O) groups is 1. The van der Waals surface area contributed by atoms with Gasteiger partial charge in [-0.3, -0.25) is 4.79 Å². The summed E-state index contributed by atoms with van der Waals surface area (Å²) in [4.78, 5) is 14.5. The van der Waals surface area contributed by atoms with Crippen LogP contribution in [0.25, 0.3) is 10.4 Å². The van der Waals surface area contributed by atoms with Crippen molar-refractivity contribution < 1.29 is 18.7 Å². The maximum Gasteiger partial charge on any atom is 0.272 e. The van der Waals surface area contributed by atoms with Crippen LogP contribution in [0.3, 0.4) is 0 Å². The van der Waals surface area contributed by atoms with Gasteiger partial charge >= 0.3 is 0 Å². The predicted octanol–water partition coefficient (Wildman–Crippen LogP) is 4.53. The molecule has 2 aromatic carbocycles. The molecule has 156 valence electrons. The quantitative estimate of drug-likeness (QED) is 0.302. The van der Waals surface area contributed by atoms with Crippen LogP contribution in [0.15, 0.2) is 58.7 Å². The maximum absolute atomic E-state index is 14.4. The van der Waals surface area contributed by atoms with Crippen molar-refractivity contribution in [3.8, 4) is 0 Å². The molecular formula is C20H19F2N5O2S. The number of aliphatic hydroxyl groups is 1. The SMILES string of the molecule is C[C@H](O)C(=O)N1N=C(c2cc(F)ccc2F)S[C@@]1(CCCN=[N+]=[N-])c1ccccc1. The number of amides is 1. The van der Waals surface area contributed by atoms with Crippen molar-refractivity contribution in [2.24, 2.45) is 10.2 Å². The highest BCUT2D eigenvalue weighted by molar-refractivity contribution is 8.15. The van der Waals surface area contributed by atoms with Gasteiger partial charge in [-0.15, -0.1) is 0 Å². The molecule has 0 unspecified atom stereocenters. The largest absolute Gasteiger partial charge is 0.383 e. The van der Waals surface area contributed by atoms with Crippen molar-refractivity contribution in [2.75, 3.05) is 6.54 Å². The Balaban J connectivity index is 2.12. The minimum absolute atomic E-state index is 0.0729. The van der Waals surface area contributed by atoms with Gasteiger partial charge in [0.2, 0.25) is 0 Å². The standard InChI is InChI=1S/C20H19F2N5O2S/c1-13(28)19(29)27-20(10-5-11-24-26-23,14-6-3-2-4-7-14)30-18(25-27)16-12-15(21)8-9-17(16)22/h2-4,6-9,12-13,28H,5,10-11H2,1H3/t13-,20-/m0/s1. The average molecular weight is 431 g/mol. The van der Waals surface area contributed by atoms with E-state index in [-0.39, 0.29) is 17.2 Å². The summed E-state index contributed by atoms with van der Waals surface area (Å²) in [6, 6.07) is 12.0. The summed E-state index contributed by atoms with van der Waals surface area (Å²) in [7, 11) is 0. The summed E-state index contributed by atoms with van der Waals surface area (Å²) < 4.78 is 28.2. The Morgan fingerprint density at radius 1 is 1.33 bits per heavy atom. The smallest absolute Gasteiger partial charge is 0.272 e. The molecule has 0 aromatic heterocycles. The van der Waals surface area contributed by atoms with Crippen molar-refractivity contribution in [1.29, 1.82) is 0 Å². The van der Waals surface area contributed by atoms with E-state index < -0.39 is 28.5 Å². The predicted molar refractivity (Wildman–Crippen MR) is 110 cm³/mol. The van der Waals surface area contributed by atoms with Gasteiger partial charge in [0.1, 0.15) is 27.7 Å². The van der Waals surface area contributed by atoms with Gasteiger partial charge in [-0.05, 0) is 49.1 Å². The van der Waals surface area contributed by atoms with Crippen molar-refractivity contribution in [3.63, 3.8) is 0 Å². The Morgan fingerprint density at radius 2 is 2.07 bits per heavy atom. The molecule has 1 aliphatic rings. The zero-order chi connectivity index (χ0) is 21.7. The van der Waals surface area contributed by atoms with Gasteiger partial charge in [-0.2, -0.15) is 5.10 Å². The Kier molecular flexibility index (Phi) is 6.71. The van der Waals surface area contributed by atoms with Gasteiger partial charge in [0.05, 0.1) is 0 Å². The molecule has 0 radical (unpaired) electrons. The molecule has 1 heterocycles. The minimum atomic E-state index is -1.36. The number of halogens is 2. The van der Waals surface area contributed by atoms with E-state index in [1.165, 1.54) is 6.92 Å². The summed E-state index contributed by atoms with van der Waals surface area (Å²) in [6.07, 6.45) is -0.640. The molecule has 3 rings (SSSR count).